The molecule has 138 valence electrons. The highest BCUT2D eigenvalue weighted by molar-refractivity contribution is 7.20. The van der Waals surface area contributed by atoms with Crippen LogP contribution in [0.4, 0.5) is 5.69 Å². The van der Waals surface area contributed by atoms with Crippen molar-refractivity contribution in [1.82, 2.24) is 5.32 Å². The number of benzene rings is 1. The van der Waals surface area contributed by atoms with E-state index in [1.54, 1.807) is 0 Å². The second-order valence-corrected chi connectivity index (χ2v) is 14.2. The van der Waals surface area contributed by atoms with Gasteiger partial charge in [-0.2, -0.15) is 11.1 Å². The van der Waals surface area contributed by atoms with Gasteiger partial charge < -0.3 is 10.6 Å². The van der Waals surface area contributed by atoms with Gasteiger partial charge in [0.15, 0.2) is 7.38 Å². The fourth-order valence-corrected chi connectivity index (χ4v) is 3.26. The lowest BCUT2D eigenvalue weighted by atomic mass is 10.0. The first-order valence-electron chi connectivity index (χ1n) is 8.29. The van der Waals surface area contributed by atoms with Crippen LogP contribution in [-0.2, 0) is 19.4 Å². The van der Waals surface area contributed by atoms with Crippen LogP contribution in [0.5, 0.6) is 0 Å². The molecule has 5 nitrogen and oxygen atoms in total. The van der Waals surface area contributed by atoms with E-state index in [4.69, 9.17) is 11.1 Å². The van der Waals surface area contributed by atoms with Gasteiger partial charge in [-0.25, -0.2) is 0 Å². The van der Waals surface area contributed by atoms with Gasteiger partial charge in [0.05, 0.1) is 6.54 Å². The molecule has 25 heavy (non-hydrogen) atoms. The van der Waals surface area contributed by atoms with E-state index in [1.165, 1.54) is 6.92 Å². The normalized spacial score (nSPS) is 11.8. The number of carbonyl (C=O) groups excluding carboxylic acids is 3. The standard InChI is InChI=1S/C18H27ClN2O3Si/c1-13(22)12-20-16(23)10-11-17(24)21-15-8-6-14(7-9-15)18(2,3)25(4,5)19/h6-9H,10-12H2,1-5H3,(H,20,23)(H,21,24). The summed E-state index contributed by atoms with van der Waals surface area (Å²) in [6.07, 6.45) is 0.120. The number of rotatable bonds is 8. The molecule has 0 fully saturated rings. The molecule has 1 aromatic carbocycles. The molecule has 2 amide bonds. The van der Waals surface area contributed by atoms with Crippen molar-refractivity contribution < 1.29 is 14.4 Å². The molecule has 1 rings (SSSR count). The van der Waals surface area contributed by atoms with Crippen molar-refractivity contribution in [3.63, 3.8) is 0 Å². The van der Waals surface area contributed by atoms with Crippen molar-refractivity contribution in [2.45, 2.75) is 51.7 Å². The van der Waals surface area contributed by atoms with Crippen LogP contribution in [0.1, 0.15) is 39.2 Å². The molecular weight excluding hydrogens is 356 g/mol. The number of ketones is 1. The van der Waals surface area contributed by atoms with E-state index in [-0.39, 0.29) is 42.0 Å². The minimum Gasteiger partial charge on any atom is -0.349 e. The second-order valence-electron chi connectivity index (χ2n) is 7.20. The van der Waals surface area contributed by atoms with E-state index >= 15 is 0 Å². The maximum absolute atomic E-state index is 11.9. The van der Waals surface area contributed by atoms with Crippen LogP contribution < -0.4 is 10.6 Å². The first-order valence-corrected chi connectivity index (χ1v) is 12.3. The van der Waals surface area contributed by atoms with Crippen LogP contribution in [0.2, 0.25) is 13.1 Å². The second kappa shape index (κ2) is 8.63. The molecule has 2 N–H and O–H groups in total. The Labute approximate surface area is 155 Å². The van der Waals surface area contributed by atoms with E-state index in [0.29, 0.717) is 5.69 Å². The van der Waals surface area contributed by atoms with Gasteiger partial charge in [0.1, 0.15) is 5.78 Å². The van der Waals surface area contributed by atoms with Crippen LogP contribution >= 0.6 is 11.1 Å². The summed E-state index contributed by atoms with van der Waals surface area (Å²) in [5, 5.41) is 5.14. The third-order valence-electron chi connectivity index (χ3n) is 4.49. The Morgan fingerprint density at radius 1 is 1.04 bits per heavy atom. The Kier molecular flexibility index (Phi) is 7.38. The Morgan fingerprint density at radius 2 is 1.56 bits per heavy atom. The number of Topliss-reactive ketones (excluding diaryl/α,β-unsaturated/α-hetero) is 1. The highest BCUT2D eigenvalue weighted by Gasteiger charge is 2.39. The summed E-state index contributed by atoms with van der Waals surface area (Å²) in [7, 11) is -1.90. The molecule has 1 aromatic rings. The summed E-state index contributed by atoms with van der Waals surface area (Å²) >= 11 is 6.61. The molecule has 0 spiro atoms. The molecule has 0 heterocycles. The summed E-state index contributed by atoms with van der Waals surface area (Å²) in [4.78, 5) is 34.2. The number of carbonyl (C=O) groups is 3. The highest BCUT2D eigenvalue weighted by atomic mass is 35.6. The Bertz CT molecular complexity index is 637. The fraction of sp³-hybridized carbons (Fsp3) is 0.500. The van der Waals surface area contributed by atoms with Crippen molar-refractivity contribution in [3.05, 3.63) is 29.8 Å². The summed E-state index contributed by atoms with van der Waals surface area (Å²) in [6, 6.07) is 7.66. The smallest absolute Gasteiger partial charge is 0.224 e. The van der Waals surface area contributed by atoms with Crippen LogP contribution in [0.25, 0.3) is 0 Å². The van der Waals surface area contributed by atoms with Gasteiger partial charge >= 0.3 is 0 Å². The SMILES string of the molecule is CC(=O)CNC(=O)CCC(=O)Nc1ccc(C(C)(C)[Si](C)(C)Cl)cc1. The van der Waals surface area contributed by atoms with Crippen LogP contribution in [0.3, 0.4) is 0 Å². The average Bonchev–Trinajstić information content (AvgIpc) is 2.50. The van der Waals surface area contributed by atoms with E-state index in [1.807, 2.05) is 24.3 Å². The Balaban J connectivity index is 2.57. The van der Waals surface area contributed by atoms with Crippen LogP contribution in [0, 0.1) is 0 Å². The third-order valence-corrected chi connectivity index (χ3v) is 9.17. The summed E-state index contributed by atoms with van der Waals surface area (Å²) in [6.45, 7) is 9.89. The molecule has 0 unspecified atom stereocenters. The van der Waals surface area contributed by atoms with Crippen LogP contribution in [0.15, 0.2) is 24.3 Å². The summed E-state index contributed by atoms with van der Waals surface area (Å²) in [5.41, 5.74) is 1.82. The first-order chi connectivity index (χ1) is 11.4. The zero-order chi connectivity index (χ0) is 19.3. The number of amides is 2. The maximum atomic E-state index is 11.9. The highest BCUT2D eigenvalue weighted by Crippen LogP contribution is 2.36. The van der Waals surface area contributed by atoms with Gasteiger partial charge in [0, 0.05) is 18.5 Å². The van der Waals surface area contributed by atoms with E-state index in [9.17, 15) is 14.4 Å². The summed E-state index contributed by atoms with van der Waals surface area (Å²) in [5.74, 6) is -0.669. The molecule has 0 aliphatic heterocycles. The molecule has 0 atom stereocenters. The number of anilines is 1. The minimum absolute atomic E-state index is 0.00205. The summed E-state index contributed by atoms with van der Waals surface area (Å²) < 4.78 is 0. The van der Waals surface area contributed by atoms with Gasteiger partial charge in [-0.05, 0) is 29.7 Å². The topological polar surface area (TPSA) is 75.3 Å². The maximum Gasteiger partial charge on any atom is 0.224 e. The third kappa shape index (κ3) is 6.63. The predicted molar refractivity (Wildman–Crippen MR) is 104 cm³/mol. The zero-order valence-corrected chi connectivity index (χ0v) is 17.3. The molecule has 0 saturated heterocycles. The largest absolute Gasteiger partial charge is 0.349 e. The Morgan fingerprint density at radius 3 is 2.04 bits per heavy atom. The lowest BCUT2D eigenvalue weighted by molar-refractivity contribution is -0.126. The zero-order valence-electron chi connectivity index (χ0n) is 15.5. The number of hydrogen-bond acceptors (Lipinski definition) is 3. The lowest BCUT2D eigenvalue weighted by Crippen LogP contribution is -2.42. The fourth-order valence-electron chi connectivity index (χ4n) is 2.08. The quantitative estimate of drug-likeness (QED) is 0.534. The minimum atomic E-state index is -1.90. The van der Waals surface area contributed by atoms with E-state index < -0.39 is 7.38 Å². The van der Waals surface area contributed by atoms with Crippen molar-refractivity contribution in [2.24, 2.45) is 0 Å². The van der Waals surface area contributed by atoms with Crippen LogP contribution in [-0.4, -0.2) is 31.5 Å². The van der Waals surface area contributed by atoms with Gasteiger partial charge in [-0.3, -0.25) is 14.4 Å². The number of hydrogen-bond donors (Lipinski definition) is 2. The van der Waals surface area contributed by atoms with Crippen molar-refractivity contribution in [1.29, 1.82) is 0 Å². The molecule has 0 bridgehead atoms. The van der Waals surface area contributed by atoms with E-state index in [2.05, 4.69) is 37.6 Å². The van der Waals surface area contributed by atoms with Gasteiger partial charge in [-0.1, -0.05) is 39.1 Å². The molecule has 0 saturated carbocycles. The molecule has 0 aliphatic carbocycles. The molecule has 0 aliphatic rings. The number of nitrogens with one attached hydrogen (secondary N) is 2. The van der Waals surface area contributed by atoms with E-state index in [0.717, 1.165) is 5.56 Å². The molecule has 0 radical (unpaired) electrons. The number of halogens is 1. The Hall–Kier alpha value is -1.66. The van der Waals surface area contributed by atoms with Crippen molar-refractivity contribution in [3.8, 4) is 0 Å². The average molecular weight is 383 g/mol. The monoisotopic (exact) mass is 382 g/mol. The van der Waals surface area contributed by atoms with Crippen molar-refractivity contribution >= 4 is 41.7 Å². The predicted octanol–water partition coefficient (Wildman–Crippen LogP) is 3.37. The van der Waals surface area contributed by atoms with Crippen molar-refractivity contribution in [2.75, 3.05) is 11.9 Å². The van der Waals surface area contributed by atoms with Gasteiger partial charge in [-0.15, -0.1) is 0 Å². The van der Waals surface area contributed by atoms with Gasteiger partial charge in [0.25, 0.3) is 0 Å². The molecular formula is C18H27ClN2O3Si. The molecule has 7 heteroatoms. The molecule has 0 aromatic heterocycles. The van der Waals surface area contributed by atoms with Gasteiger partial charge in [0.2, 0.25) is 11.8 Å². The first kappa shape index (κ1) is 21.4. The lowest BCUT2D eigenvalue weighted by Gasteiger charge is -2.35.